The van der Waals surface area contributed by atoms with Crippen molar-refractivity contribution in [2.24, 2.45) is 0 Å². The van der Waals surface area contributed by atoms with Crippen LogP contribution in [0.1, 0.15) is 16.8 Å². The number of aromatic nitrogens is 2. The van der Waals surface area contributed by atoms with Crippen LogP contribution in [-0.2, 0) is 6.54 Å². The van der Waals surface area contributed by atoms with E-state index in [4.69, 9.17) is 17.0 Å². The molecule has 0 saturated heterocycles. The zero-order valence-electron chi connectivity index (χ0n) is 15.5. The predicted octanol–water partition coefficient (Wildman–Crippen LogP) is 4.64. The summed E-state index contributed by atoms with van der Waals surface area (Å²) in [5.41, 5.74) is 3.51. The van der Waals surface area contributed by atoms with Crippen LogP contribution in [0.3, 0.4) is 0 Å². The van der Waals surface area contributed by atoms with Gasteiger partial charge in [0.25, 0.3) is 0 Å². The number of halogens is 2. The molecule has 0 saturated carbocycles. The van der Waals surface area contributed by atoms with E-state index in [1.54, 1.807) is 12.3 Å². The number of anilines is 3. The zero-order valence-corrected chi connectivity index (χ0v) is 16.2. The van der Waals surface area contributed by atoms with E-state index in [9.17, 15) is 9.18 Å². The molecule has 0 aliphatic carbocycles. The summed E-state index contributed by atoms with van der Waals surface area (Å²) in [6.07, 6.45) is 4.39. The molecule has 7 nitrogen and oxygen atoms in total. The molecule has 0 bridgehead atoms. The topological polar surface area (TPSA) is 103 Å². The summed E-state index contributed by atoms with van der Waals surface area (Å²) in [5.74, 6) is -0.228. The minimum absolute atomic E-state index is 0.00511. The SMILES string of the molecule is Cc1cc(Nc2cnc(NC(=O)NCc3ccc(F)c(Cl)c3)cc2C=N)ccn1. The van der Waals surface area contributed by atoms with Crippen molar-refractivity contribution in [2.75, 3.05) is 10.6 Å². The van der Waals surface area contributed by atoms with Crippen LogP contribution in [0.5, 0.6) is 0 Å². The van der Waals surface area contributed by atoms with E-state index in [-0.39, 0.29) is 17.4 Å². The Morgan fingerprint density at radius 2 is 2.07 bits per heavy atom. The summed E-state index contributed by atoms with van der Waals surface area (Å²) >= 11 is 5.73. The van der Waals surface area contributed by atoms with E-state index in [0.717, 1.165) is 11.4 Å². The largest absolute Gasteiger partial charge is 0.354 e. The van der Waals surface area contributed by atoms with Crippen molar-refractivity contribution in [3.8, 4) is 0 Å². The lowest BCUT2D eigenvalue weighted by molar-refractivity contribution is 0.251. The molecule has 148 valence electrons. The quantitative estimate of drug-likeness (QED) is 0.443. The highest BCUT2D eigenvalue weighted by molar-refractivity contribution is 6.30. The summed E-state index contributed by atoms with van der Waals surface area (Å²) in [7, 11) is 0. The number of rotatable bonds is 6. The Morgan fingerprint density at radius 1 is 1.24 bits per heavy atom. The third kappa shape index (κ3) is 5.49. The van der Waals surface area contributed by atoms with Crippen molar-refractivity contribution in [1.82, 2.24) is 15.3 Å². The second-order valence-electron chi connectivity index (χ2n) is 6.17. The summed E-state index contributed by atoms with van der Waals surface area (Å²) in [5, 5.41) is 16.0. The Bertz CT molecular complexity index is 1060. The zero-order chi connectivity index (χ0) is 20.8. The van der Waals surface area contributed by atoms with Crippen molar-refractivity contribution in [1.29, 1.82) is 5.41 Å². The molecule has 0 spiro atoms. The highest BCUT2D eigenvalue weighted by Crippen LogP contribution is 2.21. The van der Waals surface area contributed by atoms with Gasteiger partial charge < -0.3 is 16.0 Å². The van der Waals surface area contributed by atoms with E-state index in [1.165, 1.54) is 30.6 Å². The fourth-order valence-corrected chi connectivity index (χ4v) is 2.74. The number of hydrogen-bond donors (Lipinski definition) is 4. The van der Waals surface area contributed by atoms with Crippen LogP contribution in [0.25, 0.3) is 0 Å². The van der Waals surface area contributed by atoms with Crippen LogP contribution in [0.4, 0.5) is 26.4 Å². The summed E-state index contributed by atoms with van der Waals surface area (Å²) in [6, 6.07) is 9.00. The van der Waals surface area contributed by atoms with Gasteiger partial charge in [-0.1, -0.05) is 17.7 Å². The van der Waals surface area contributed by atoms with Crippen molar-refractivity contribution < 1.29 is 9.18 Å². The van der Waals surface area contributed by atoms with Gasteiger partial charge in [0, 0.05) is 35.9 Å². The lowest BCUT2D eigenvalue weighted by atomic mass is 10.2. The molecule has 0 fully saturated rings. The molecule has 29 heavy (non-hydrogen) atoms. The summed E-state index contributed by atoms with van der Waals surface area (Å²) < 4.78 is 13.2. The average Bonchev–Trinajstić information content (AvgIpc) is 2.70. The minimum atomic E-state index is -0.515. The molecule has 0 atom stereocenters. The standard InChI is InChI=1S/C20H18ClFN6O/c1-12-6-15(4-5-24-12)27-18-11-25-19(8-14(18)9-23)28-20(29)26-10-13-2-3-17(22)16(21)7-13/h2-9,11,23H,10H2,1H3,(H,24,27)(H2,25,26,28,29). The van der Waals surface area contributed by atoms with E-state index >= 15 is 0 Å². The van der Waals surface area contributed by atoms with Crippen molar-refractivity contribution in [3.63, 3.8) is 0 Å². The Balaban J connectivity index is 1.63. The number of urea groups is 1. The number of carbonyl (C=O) groups is 1. The van der Waals surface area contributed by atoms with E-state index in [0.29, 0.717) is 16.8 Å². The monoisotopic (exact) mass is 412 g/mol. The number of amides is 2. The van der Waals surface area contributed by atoms with Gasteiger partial charge in [-0.05, 0) is 42.8 Å². The highest BCUT2D eigenvalue weighted by atomic mass is 35.5. The lowest BCUT2D eigenvalue weighted by Gasteiger charge is -2.12. The van der Waals surface area contributed by atoms with Crippen LogP contribution in [0.15, 0.2) is 48.8 Å². The Kier molecular flexibility index (Phi) is 6.36. The molecule has 3 rings (SSSR count). The minimum Gasteiger partial charge on any atom is -0.354 e. The fraction of sp³-hybridized carbons (Fsp3) is 0.100. The number of benzene rings is 1. The number of nitrogens with zero attached hydrogens (tertiary/aromatic N) is 2. The molecule has 4 N–H and O–H groups in total. The first-order chi connectivity index (χ1) is 13.9. The molecule has 0 aliphatic rings. The van der Waals surface area contributed by atoms with Crippen LogP contribution in [0, 0.1) is 18.2 Å². The van der Waals surface area contributed by atoms with Gasteiger partial charge in [-0.25, -0.2) is 14.2 Å². The first kappa shape index (κ1) is 20.2. The molecule has 1 aromatic carbocycles. The Hall–Kier alpha value is -3.52. The maximum absolute atomic E-state index is 13.2. The molecule has 0 unspecified atom stereocenters. The van der Waals surface area contributed by atoms with Gasteiger partial charge in [-0.3, -0.25) is 10.3 Å². The first-order valence-corrected chi connectivity index (χ1v) is 9.01. The van der Waals surface area contributed by atoms with E-state index < -0.39 is 11.8 Å². The maximum atomic E-state index is 13.2. The van der Waals surface area contributed by atoms with Crippen molar-refractivity contribution >= 4 is 41.0 Å². The summed E-state index contributed by atoms with van der Waals surface area (Å²) in [6.45, 7) is 2.05. The molecule has 2 amide bonds. The van der Waals surface area contributed by atoms with Crippen molar-refractivity contribution in [2.45, 2.75) is 13.5 Å². The predicted molar refractivity (Wildman–Crippen MR) is 112 cm³/mol. The first-order valence-electron chi connectivity index (χ1n) is 8.63. The molecule has 2 heterocycles. The number of hydrogen-bond acceptors (Lipinski definition) is 5. The Labute approximate surface area is 171 Å². The van der Waals surface area contributed by atoms with Crippen LogP contribution in [-0.4, -0.2) is 22.2 Å². The van der Waals surface area contributed by atoms with E-state index in [1.807, 2.05) is 19.1 Å². The third-order valence-electron chi connectivity index (χ3n) is 3.95. The van der Waals surface area contributed by atoms with Crippen LogP contribution in [0.2, 0.25) is 5.02 Å². The van der Waals surface area contributed by atoms with E-state index in [2.05, 4.69) is 25.9 Å². The molecule has 9 heteroatoms. The van der Waals surface area contributed by atoms with Gasteiger partial charge in [0.05, 0.1) is 16.9 Å². The number of nitrogens with one attached hydrogen (secondary N) is 4. The highest BCUT2D eigenvalue weighted by Gasteiger charge is 2.08. The summed E-state index contributed by atoms with van der Waals surface area (Å²) in [4.78, 5) is 20.4. The molecule has 0 aliphatic heterocycles. The van der Waals surface area contributed by atoms with Crippen LogP contribution >= 0.6 is 11.6 Å². The van der Waals surface area contributed by atoms with Gasteiger partial charge in [-0.2, -0.15) is 0 Å². The fourth-order valence-electron chi connectivity index (χ4n) is 2.53. The molecule has 2 aromatic heterocycles. The smallest absolute Gasteiger partial charge is 0.320 e. The van der Waals surface area contributed by atoms with Crippen LogP contribution < -0.4 is 16.0 Å². The normalized spacial score (nSPS) is 10.3. The Morgan fingerprint density at radius 3 is 2.79 bits per heavy atom. The molecular formula is C20H18ClFN6O. The molecule has 0 radical (unpaired) electrons. The van der Waals surface area contributed by atoms with Crippen molar-refractivity contribution in [3.05, 3.63) is 76.5 Å². The molecular weight excluding hydrogens is 395 g/mol. The lowest BCUT2D eigenvalue weighted by Crippen LogP contribution is -2.28. The average molecular weight is 413 g/mol. The number of aryl methyl sites for hydroxylation is 1. The second-order valence-corrected chi connectivity index (χ2v) is 6.58. The second kappa shape index (κ2) is 9.11. The number of carbonyl (C=O) groups excluding carboxylic acids is 1. The third-order valence-corrected chi connectivity index (χ3v) is 4.24. The van der Waals surface area contributed by atoms with Gasteiger partial charge in [-0.15, -0.1) is 0 Å². The van der Waals surface area contributed by atoms with Gasteiger partial charge in [0.15, 0.2) is 0 Å². The molecule has 3 aromatic rings. The van der Waals surface area contributed by atoms with Gasteiger partial charge in [0.2, 0.25) is 0 Å². The number of pyridine rings is 2. The van der Waals surface area contributed by atoms with Gasteiger partial charge in [0.1, 0.15) is 11.6 Å². The maximum Gasteiger partial charge on any atom is 0.320 e. The van der Waals surface area contributed by atoms with Gasteiger partial charge >= 0.3 is 6.03 Å².